The van der Waals surface area contributed by atoms with Crippen LogP contribution in [-0.2, 0) is 5.54 Å². The predicted octanol–water partition coefficient (Wildman–Crippen LogP) is 3.44. The molecule has 7 nitrogen and oxygen atoms in total. The minimum absolute atomic E-state index is 0.190. The van der Waals surface area contributed by atoms with Gasteiger partial charge in [-0.15, -0.1) is 0 Å². The first-order valence-electron chi connectivity index (χ1n) is 10.9. The molecule has 2 aromatic rings. The van der Waals surface area contributed by atoms with Gasteiger partial charge in [0.05, 0.1) is 23.6 Å². The molecule has 0 radical (unpaired) electrons. The van der Waals surface area contributed by atoms with Crippen LogP contribution in [0, 0.1) is 0 Å². The number of nitrogens with two attached hydrogens (primary N) is 1. The zero-order valence-electron chi connectivity index (χ0n) is 18.0. The number of aromatic nitrogens is 1. The average Bonchev–Trinajstić information content (AvgIpc) is 3.52. The fraction of sp³-hybridized carbons (Fsp3) is 0.565. The molecule has 1 aliphatic carbocycles. The van der Waals surface area contributed by atoms with E-state index < -0.39 is 11.4 Å². The Kier molecular flexibility index (Phi) is 5.36. The molecule has 2 atom stereocenters. The molecule has 4 rings (SSSR count). The van der Waals surface area contributed by atoms with Crippen LogP contribution in [0.2, 0.25) is 0 Å². The summed E-state index contributed by atoms with van der Waals surface area (Å²) in [6, 6.07) is 4.35. The van der Waals surface area contributed by atoms with Crippen LogP contribution in [0.1, 0.15) is 74.3 Å². The number of ether oxygens (including phenoxy) is 1. The van der Waals surface area contributed by atoms with Crippen molar-refractivity contribution in [2.75, 3.05) is 13.8 Å². The number of nitrogens with zero attached hydrogens (tertiary/aromatic N) is 2. The molecule has 2 unspecified atom stereocenters. The molecule has 1 aromatic heterocycles. The van der Waals surface area contributed by atoms with Crippen molar-refractivity contribution < 1.29 is 14.6 Å². The van der Waals surface area contributed by atoms with Gasteiger partial charge < -0.3 is 20.1 Å². The summed E-state index contributed by atoms with van der Waals surface area (Å²) >= 11 is 0. The van der Waals surface area contributed by atoms with E-state index in [1.54, 1.807) is 13.2 Å². The summed E-state index contributed by atoms with van der Waals surface area (Å²) in [6.45, 7) is 4.82. The summed E-state index contributed by atoms with van der Waals surface area (Å²) in [5.41, 5.74) is 7.06. The number of carboxylic acid groups (broad SMARTS) is 1. The first kappa shape index (κ1) is 20.9. The van der Waals surface area contributed by atoms with Gasteiger partial charge in [0.2, 0.25) is 5.43 Å². The minimum Gasteiger partial charge on any atom is -0.494 e. The normalized spacial score (nSPS) is 24.5. The van der Waals surface area contributed by atoms with Crippen LogP contribution in [-0.4, -0.2) is 40.4 Å². The maximum atomic E-state index is 13.0. The molecule has 1 aliphatic heterocycles. The van der Waals surface area contributed by atoms with Gasteiger partial charge >= 0.3 is 5.97 Å². The Morgan fingerprint density at radius 1 is 1.30 bits per heavy atom. The highest BCUT2D eigenvalue weighted by molar-refractivity contribution is 5.95. The molecule has 2 fully saturated rings. The lowest BCUT2D eigenvalue weighted by atomic mass is 9.83. The van der Waals surface area contributed by atoms with Crippen LogP contribution in [0.3, 0.4) is 0 Å². The van der Waals surface area contributed by atoms with Gasteiger partial charge in [-0.1, -0.05) is 19.9 Å². The second kappa shape index (κ2) is 7.71. The zero-order chi connectivity index (χ0) is 21.6. The largest absolute Gasteiger partial charge is 0.494 e. The number of likely N-dealkylation sites (tertiary alicyclic amines) is 1. The number of carboxylic acids is 1. The quantitative estimate of drug-likeness (QED) is 0.722. The van der Waals surface area contributed by atoms with E-state index in [4.69, 9.17) is 10.5 Å². The van der Waals surface area contributed by atoms with Crippen LogP contribution < -0.4 is 15.9 Å². The number of hydrogen-bond donors (Lipinski definition) is 2. The van der Waals surface area contributed by atoms with Gasteiger partial charge in [-0.05, 0) is 44.6 Å². The molecule has 1 saturated carbocycles. The Labute approximate surface area is 176 Å². The molecule has 3 N–H and O–H groups in total. The van der Waals surface area contributed by atoms with E-state index in [2.05, 4.69) is 18.7 Å². The highest BCUT2D eigenvalue weighted by atomic mass is 16.5. The van der Waals surface area contributed by atoms with Crippen molar-refractivity contribution >= 4 is 16.9 Å². The van der Waals surface area contributed by atoms with Crippen molar-refractivity contribution in [1.82, 2.24) is 9.47 Å². The Bertz CT molecular complexity index is 1040. The Morgan fingerprint density at radius 2 is 2.03 bits per heavy atom. The standard InChI is InChI=1S/C23H31N3O4/c1-4-14-10-11-23(5-2,26(14)13-24)18-9-8-16-19(21(18)30-3)25(15-6-7-15)12-17(20(16)27)22(28)29/h8-9,12,14-15H,4-7,10-11,13,24H2,1-3H3,(H,28,29). The predicted molar refractivity (Wildman–Crippen MR) is 116 cm³/mol. The third kappa shape index (κ3) is 2.94. The summed E-state index contributed by atoms with van der Waals surface area (Å²) in [5.74, 6) is -0.522. The second-order valence-corrected chi connectivity index (χ2v) is 8.50. The molecule has 1 saturated heterocycles. The van der Waals surface area contributed by atoms with E-state index in [1.165, 1.54) is 6.20 Å². The van der Waals surface area contributed by atoms with E-state index >= 15 is 0 Å². The number of carbonyl (C=O) groups is 1. The van der Waals surface area contributed by atoms with Crippen LogP contribution in [0.15, 0.2) is 23.1 Å². The summed E-state index contributed by atoms with van der Waals surface area (Å²) in [6.07, 6.45) is 7.39. The van der Waals surface area contributed by atoms with E-state index in [-0.39, 0.29) is 17.1 Å². The van der Waals surface area contributed by atoms with Gasteiger partial charge in [0.1, 0.15) is 11.3 Å². The van der Waals surface area contributed by atoms with E-state index in [9.17, 15) is 14.7 Å². The monoisotopic (exact) mass is 413 g/mol. The van der Waals surface area contributed by atoms with Crippen molar-refractivity contribution in [1.29, 1.82) is 0 Å². The van der Waals surface area contributed by atoms with Crippen molar-refractivity contribution in [3.63, 3.8) is 0 Å². The zero-order valence-corrected chi connectivity index (χ0v) is 18.0. The molecular formula is C23H31N3O4. The third-order valence-corrected chi connectivity index (χ3v) is 7.16. The van der Waals surface area contributed by atoms with Crippen LogP contribution >= 0.6 is 0 Å². The first-order chi connectivity index (χ1) is 14.4. The third-order valence-electron chi connectivity index (χ3n) is 7.16. The van der Waals surface area contributed by atoms with Gasteiger partial charge in [0, 0.05) is 30.5 Å². The van der Waals surface area contributed by atoms with Crippen LogP contribution in [0.25, 0.3) is 10.9 Å². The Balaban J connectivity index is 2.03. The molecule has 0 spiro atoms. The summed E-state index contributed by atoms with van der Waals surface area (Å²) in [5, 5.41) is 9.94. The minimum atomic E-state index is -1.19. The Morgan fingerprint density at radius 3 is 2.57 bits per heavy atom. The number of benzene rings is 1. The van der Waals surface area contributed by atoms with Gasteiger partial charge in [0.15, 0.2) is 0 Å². The lowest BCUT2D eigenvalue weighted by Gasteiger charge is -2.41. The van der Waals surface area contributed by atoms with Gasteiger partial charge in [-0.2, -0.15) is 0 Å². The van der Waals surface area contributed by atoms with Gasteiger partial charge in [-0.25, -0.2) is 4.79 Å². The van der Waals surface area contributed by atoms with Crippen molar-refractivity contribution in [2.45, 2.75) is 70.0 Å². The first-order valence-corrected chi connectivity index (χ1v) is 10.9. The lowest BCUT2D eigenvalue weighted by Crippen LogP contribution is -2.47. The second-order valence-electron chi connectivity index (χ2n) is 8.50. The van der Waals surface area contributed by atoms with Gasteiger partial charge in [-0.3, -0.25) is 9.69 Å². The number of methoxy groups -OCH3 is 1. The lowest BCUT2D eigenvalue weighted by molar-refractivity contribution is 0.0694. The SMILES string of the molecule is CCC1CCC(CC)(c2ccc3c(=O)c(C(=O)O)cn(C4CC4)c3c2OC)N1CN. The molecule has 0 bridgehead atoms. The van der Waals surface area contributed by atoms with E-state index in [0.717, 1.165) is 44.1 Å². The molecule has 162 valence electrons. The van der Waals surface area contributed by atoms with Crippen molar-refractivity contribution in [3.05, 3.63) is 39.7 Å². The molecule has 30 heavy (non-hydrogen) atoms. The maximum absolute atomic E-state index is 13.0. The summed E-state index contributed by atoms with van der Waals surface area (Å²) in [4.78, 5) is 27.0. The van der Waals surface area contributed by atoms with E-state index in [1.807, 2.05) is 10.6 Å². The Hall–Kier alpha value is -2.38. The fourth-order valence-electron chi connectivity index (χ4n) is 5.45. The fourth-order valence-corrected chi connectivity index (χ4v) is 5.45. The number of rotatable bonds is 7. The molecule has 2 aliphatic rings. The summed E-state index contributed by atoms with van der Waals surface area (Å²) in [7, 11) is 1.63. The molecule has 7 heteroatoms. The molecule has 1 aromatic carbocycles. The van der Waals surface area contributed by atoms with Crippen molar-refractivity contribution in [2.24, 2.45) is 5.73 Å². The smallest absolute Gasteiger partial charge is 0.341 e. The number of pyridine rings is 1. The average molecular weight is 414 g/mol. The van der Waals surface area contributed by atoms with Gasteiger partial charge in [0.25, 0.3) is 0 Å². The molecular weight excluding hydrogens is 382 g/mol. The topological polar surface area (TPSA) is 97.8 Å². The number of hydrogen-bond acceptors (Lipinski definition) is 5. The highest BCUT2D eigenvalue weighted by Crippen LogP contribution is 2.50. The molecule has 0 amide bonds. The number of fused-ring (bicyclic) bond motifs is 1. The highest BCUT2D eigenvalue weighted by Gasteiger charge is 2.47. The van der Waals surface area contributed by atoms with Crippen molar-refractivity contribution in [3.8, 4) is 5.75 Å². The molecule has 2 heterocycles. The van der Waals surface area contributed by atoms with E-state index in [0.29, 0.717) is 29.4 Å². The summed E-state index contributed by atoms with van der Waals surface area (Å²) < 4.78 is 7.91. The maximum Gasteiger partial charge on any atom is 0.341 e. The number of aromatic carboxylic acids is 1. The van der Waals surface area contributed by atoms with Crippen LogP contribution in [0.5, 0.6) is 5.75 Å². The van der Waals surface area contributed by atoms with Crippen LogP contribution in [0.4, 0.5) is 0 Å².